The lowest BCUT2D eigenvalue weighted by Crippen LogP contribution is -2.57. The standard InChI is InChI=1S/C13H12N4O4S2/c18-8-6(9(19)15-12(22)14-8)4-2-1-3-5-7-10(20)16-13(23)17-11(7)21/h1-6,8,18H,(H2,14,15,19,22)(H2,16,17,20,21,23)/b3-1+,4-2+. The van der Waals surface area contributed by atoms with Crippen molar-refractivity contribution in [2.75, 3.05) is 0 Å². The van der Waals surface area contributed by atoms with Gasteiger partial charge in [0.2, 0.25) is 5.91 Å². The van der Waals surface area contributed by atoms with E-state index in [1.165, 1.54) is 30.4 Å². The van der Waals surface area contributed by atoms with Gasteiger partial charge in [-0.05, 0) is 30.5 Å². The Morgan fingerprint density at radius 3 is 2.17 bits per heavy atom. The summed E-state index contributed by atoms with van der Waals surface area (Å²) < 4.78 is 0. The predicted molar refractivity (Wildman–Crippen MR) is 88.6 cm³/mol. The molecule has 0 radical (unpaired) electrons. The van der Waals surface area contributed by atoms with Crippen LogP contribution >= 0.6 is 24.4 Å². The molecule has 3 amide bonds. The summed E-state index contributed by atoms with van der Waals surface area (Å²) in [5.41, 5.74) is -0.0919. The normalized spacial score (nSPS) is 25.3. The van der Waals surface area contributed by atoms with Gasteiger partial charge in [0.05, 0.1) is 0 Å². The number of thiocarbonyl (C=S) groups is 2. The molecule has 8 nitrogen and oxygen atoms in total. The van der Waals surface area contributed by atoms with Gasteiger partial charge in [-0.15, -0.1) is 0 Å². The average molecular weight is 352 g/mol. The molecule has 2 unspecified atom stereocenters. The molecular weight excluding hydrogens is 340 g/mol. The molecule has 10 heteroatoms. The topological polar surface area (TPSA) is 120 Å². The molecule has 0 bridgehead atoms. The third kappa shape index (κ3) is 4.28. The fourth-order valence-electron chi connectivity index (χ4n) is 1.82. The number of amides is 3. The summed E-state index contributed by atoms with van der Waals surface area (Å²) in [5.74, 6) is -2.42. The monoisotopic (exact) mass is 352 g/mol. The first-order chi connectivity index (χ1) is 10.9. The molecular formula is C13H12N4O4S2. The summed E-state index contributed by atoms with van der Waals surface area (Å²) in [4.78, 5) is 34.8. The first-order valence-electron chi connectivity index (χ1n) is 6.39. The Kier molecular flexibility index (Phi) is 5.32. The number of rotatable bonds is 3. The molecule has 2 rings (SSSR count). The zero-order valence-electron chi connectivity index (χ0n) is 11.5. The molecule has 2 heterocycles. The molecule has 0 saturated carbocycles. The van der Waals surface area contributed by atoms with E-state index in [0.717, 1.165) is 0 Å². The Bertz CT molecular complexity index is 661. The highest BCUT2D eigenvalue weighted by Gasteiger charge is 2.30. The highest BCUT2D eigenvalue weighted by Crippen LogP contribution is 2.08. The first kappa shape index (κ1) is 16.9. The van der Waals surface area contributed by atoms with Gasteiger partial charge in [-0.2, -0.15) is 0 Å². The predicted octanol–water partition coefficient (Wildman–Crippen LogP) is -1.50. The van der Waals surface area contributed by atoms with Crippen molar-refractivity contribution in [3.63, 3.8) is 0 Å². The van der Waals surface area contributed by atoms with E-state index in [9.17, 15) is 19.5 Å². The van der Waals surface area contributed by atoms with Crippen molar-refractivity contribution < 1.29 is 19.5 Å². The molecule has 2 atom stereocenters. The summed E-state index contributed by atoms with van der Waals surface area (Å²) in [6, 6.07) is 0. The molecule has 0 aromatic carbocycles. The minimum Gasteiger partial charge on any atom is -0.373 e. The molecule has 0 spiro atoms. The van der Waals surface area contributed by atoms with Gasteiger partial charge in [0.25, 0.3) is 11.8 Å². The van der Waals surface area contributed by atoms with Crippen LogP contribution < -0.4 is 21.3 Å². The van der Waals surface area contributed by atoms with Crippen LogP contribution in [0.25, 0.3) is 0 Å². The maximum Gasteiger partial charge on any atom is 0.263 e. The van der Waals surface area contributed by atoms with Gasteiger partial charge in [0.15, 0.2) is 10.2 Å². The number of aliphatic hydroxyl groups is 1. The fourth-order valence-corrected chi connectivity index (χ4v) is 2.22. The van der Waals surface area contributed by atoms with Crippen LogP contribution in [0, 0.1) is 5.92 Å². The smallest absolute Gasteiger partial charge is 0.263 e. The van der Waals surface area contributed by atoms with E-state index >= 15 is 0 Å². The minimum absolute atomic E-state index is 0.0382. The maximum atomic E-state index is 11.6. The molecule has 2 aliphatic heterocycles. The maximum absolute atomic E-state index is 11.6. The molecule has 5 N–H and O–H groups in total. The van der Waals surface area contributed by atoms with Crippen molar-refractivity contribution in [3.8, 4) is 0 Å². The fraction of sp³-hybridized carbons (Fsp3) is 0.154. The number of carbonyl (C=O) groups is 3. The van der Waals surface area contributed by atoms with Crippen LogP contribution in [-0.4, -0.2) is 39.3 Å². The second kappa shape index (κ2) is 7.22. The SMILES string of the molecule is O=C1NC(=S)NC(=O)C1=C/C=C/C=C/C1C(=O)NC(=S)NC1O. The minimum atomic E-state index is -1.12. The number of aliphatic hydroxyl groups excluding tert-OH is 1. The van der Waals surface area contributed by atoms with E-state index in [1.54, 1.807) is 0 Å². The van der Waals surface area contributed by atoms with Gasteiger partial charge in [-0.1, -0.05) is 24.3 Å². The molecule has 0 aromatic heterocycles. The Balaban J connectivity index is 1.98. The summed E-state index contributed by atoms with van der Waals surface area (Å²) in [7, 11) is 0. The Morgan fingerprint density at radius 1 is 0.913 bits per heavy atom. The molecule has 120 valence electrons. The van der Waals surface area contributed by atoms with Crippen molar-refractivity contribution in [1.82, 2.24) is 21.3 Å². The lowest BCUT2D eigenvalue weighted by Gasteiger charge is -2.27. The van der Waals surface area contributed by atoms with Gasteiger partial charge in [0.1, 0.15) is 17.7 Å². The van der Waals surface area contributed by atoms with Gasteiger partial charge < -0.3 is 15.7 Å². The number of hydrogen-bond donors (Lipinski definition) is 5. The molecule has 2 aliphatic rings. The summed E-state index contributed by atoms with van der Waals surface area (Å²) in [5, 5.41) is 19.2. The summed E-state index contributed by atoms with van der Waals surface area (Å²) >= 11 is 9.41. The number of allylic oxidation sites excluding steroid dienone is 4. The highest BCUT2D eigenvalue weighted by molar-refractivity contribution is 7.80. The van der Waals surface area contributed by atoms with Crippen LogP contribution in [-0.2, 0) is 14.4 Å². The van der Waals surface area contributed by atoms with Crippen LogP contribution in [0.15, 0.2) is 36.0 Å². The molecule has 2 fully saturated rings. The van der Waals surface area contributed by atoms with Crippen molar-refractivity contribution in [2.24, 2.45) is 5.92 Å². The summed E-state index contributed by atoms with van der Waals surface area (Å²) in [6.45, 7) is 0. The largest absolute Gasteiger partial charge is 0.373 e. The van der Waals surface area contributed by atoms with E-state index in [1.807, 2.05) is 0 Å². The second-order valence-electron chi connectivity index (χ2n) is 4.52. The Morgan fingerprint density at radius 2 is 1.57 bits per heavy atom. The third-order valence-corrected chi connectivity index (χ3v) is 3.33. The quantitative estimate of drug-likeness (QED) is 0.181. The van der Waals surface area contributed by atoms with E-state index in [0.29, 0.717) is 0 Å². The number of carbonyl (C=O) groups excluding carboxylic acids is 3. The van der Waals surface area contributed by atoms with Crippen molar-refractivity contribution in [2.45, 2.75) is 6.23 Å². The van der Waals surface area contributed by atoms with Crippen LogP contribution in [0.1, 0.15) is 0 Å². The lowest BCUT2D eigenvalue weighted by atomic mass is 10.0. The van der Waals surface area contributed by atoms with Crippen LogP contribution in [0.5, 0.6) is 0 Å². The molecule has 2 saturated heterocycles. The second-order valence-corrected chi connectivity index (χ2v) is 5.34. The lowest BCUT2D eigenvalue weighted by molar-refractivity contribution is -0.127. The Hall–Kier alpha value is -2.43. The average Bonchev–Trinajstić information content (AvgIpc) is 2.42. The zero-order chi connectivity index (χ0) is 17.0. The van der Waals surface area contributed by atoms with E-state index < -0.39 is 29.9 Å². The molecule has 23 heavy (non-hydrogen) atoms. The third-order valence-electron chi connectivity index (χ3n) is 2.91. The van der Waals surface area contributed by atoms with E-state index in [-0.39, 0.29) is 15.8 Å². The Labute approximate surface area is 141 Å². The van der Waals surface area contributed by atoms with Gasteiger partial charge in [-0.25, -0.2) is 0 Å². The van der Waals surface area contributed by atoms with Gasteiger partial charge in [0, 0.05) is 0 Å². The number of hydrogen-bond acceptors (Lipinski definition) is 6. The van der Waals surface area contributed by atoms with Gasteiger partial charge in [-0.3, -0.25) is 25.0 Å². The number of nitrogens with one attached hydrogen (secondary N) is 4. The van der Waals surface area contributed by atoms with Crippen LogP contribution in [0.4, 0.5) is 0 Å². The highest BCUT2D eigenvalue weighted by atomic mass is 32.1. The molecule has 0 aromatic rings. The van der Waals surface area contributed by atoms with Crippen LogP contribution in [0.2, 0.25) is 0 Å². The van der Waals surface area contributed by atoms with Crippen molar-refractivity contribution in [1.29, 1.82) is 0 Å². The zero-order valence-corrected chi connectivity index (χ0v) is 13.2. The summed E-state index contributed by atoms with van der Waals surface area (Å²) in [6.07, 6.45) is 6.11. The van der Waals surface area contributed by atoms with E-state index in [2.05, 4.69) is 33.5 Å². The van der Waals surface area contributed by atoms with Crippen molar-refractivity contribution >= 4 is 52.4 Å². The van der Waals surface area contributed by atoms with Crippen molar-refractivity contribution in [3.05, 3.63) is 36.0 Å². The van der Waals surface area contributed by atoms with Gasteiger partial charge >= 0.3 is 0 Å². The van der Waals surface area contributed by atoms with E-state index in [4.69, 9.17) is 12.2 Å². The first-order valence-corrected chi connectivity index (χ1v) is 7.21. The molecule has 0 aliphatic carbocycles. The van der Waals surface area contributed by atoms with Crippen LogP contribution in [0.3, 0.4) is 0 Å².